The molecule has 0 unspecified atom stereocenters. The fourth-order valence-electron chi connectivity index (χ4n) is 3.93. The molecule has 1 saturated heterocycles. The first-order valence-corrected chi connectivity index (χ1v) is 9.08. The van der Waals surface area contributed by atoms with Crippen LogP contribution in [0, 0.1) is 0 Å². The SMILES string of the molecule is C[C@H](NC(=O)N(CCO)[C@@H]1CCCc2ccccc21)[C@@H]1CCCO1. The molecule has 132 valence electrons. The summed E-state index contributed by atoms with van der Waals surface area (Å²) in [5.74, 6) is 0. The Morgan fingerprint density at radius 2 is 2.21 bits per heavy atom. The summed E-state index contributed by atoms with van der Waals surface area (Å²) in [6, 6.07) is 8.26. The average Bonchev–Trinajstić information content (AvgIpc) is 3.14. The second-order valence-corrected chi connectivity index (χ2v) is 6.81. The maximum Gasteiger partial charge on any atom is 0.318 e. The molecule has 1 aliphatic carbocycles. The zero-order valence-corrected chi connectivity index (χ0v) is 14.4. The van der Waals surface area contributed by atoms with Gasteiger partial charge in [0.05, 0.1) is 24.8 Å². The number of amides is 2. The lowest BCUT2D eigenvalue weighted by Gasteiger charge is -2.36. The largest absolute Gasteiger partial charge is 0.395 e. The van der Waals surface area contributed by atoms with E-state index in [9.17, 15) is 9.90 Å². The molecule has 0 radical (unpaired) electrons. The molecule has 2 N–H and O–H groups in total. The summed E-state index contributed by atoms with van der Waals surface area (Å²) in [6.07, 6.45) is 5.22. The Kier molecular flexibility index (Phi) is 5.74. The highest BCUT2D eigenvalue weighted by Crippen LogP contribution is 2.34. The summed E-state index contributed by atoms with van der Waals surface area (Å²) in [5, 5.41) is 12.5. The number of benzene rings is 1. The van der Waals surface area contributed by atoms with E-state index in [4.69, 9.17) is 4.74 Å². The van der Waals surface area contributed by atoms with Gasteiger partial charge < -0.3 is 20.1 Å². The minimum atomic E-state index is -0.103. The van der Waals surface area contributed by atoms with Crippen LogP contribution < -0.4 is 5.32 Å². The van der Waals surface area contributed by atoms with Gasteiger partial charge in [-0.25, -0.2) is 4.79 Å². The van der Waals surface area contributed by atoms with Crippen LogP contribution in [0.1, 0.15) is 49.8 Å². The van der Waals surface area contributed by atoms with Gasteiger partial charge in [-0.3, -0.25) is 0 Å². The van der Waals surface area contributed by atoms with Crippen LogP contribution in [0.2, 0.25) is 0 Å². The van der Waals surface area contributed by atoms with Crippen molar-refractivity contribution in [2.45, 2.75) is 57.2 Å². The Labute approximate surface area is 144 Å². The molecule has 3 rings (SSSR count). The Balaban J connectivity index is 1.73. The molecule has 0 saturated carbocycles. The topological polar surface area (TPSA) is 61.8 Å². The lowest BCUT2D eigenvalue weighted by molar-refractivity contribution is 0.0798. The Bertz CT molecular complexity index is 557. The molecule has 1 aromatic carbocycles. The second-order valence-electron chi connectivity index (χ2n) is 6.81. The third-order valence-electron chi connectivity index (χ3n) is 5.19. The van der Waals surface area contributed by atoms with Gasteiger partial charge in [-0.05, 0) is 50.2 Å². The maximum atomic E-state index is 12.9. The van der Waals surface area contributed by atoms with Crippen molar-refractivity contribution in [2.24, 2.45) is 0 Å². The molecule has 1 aliphatic heterocycles. The van der Waals surface area contributed by atoms with Crippen molar-refractivity contribution < 1.29 is 14.6 Å². The van der Waals surface area contributed by atoms with Crippen LogP contribution in [0.25, 0.3) is 0 Å². The van der Waals surface area contributed by atoms with E-state index in [0.29, 0.717) is 6.54 Å². The molecule has 0 bridgehead atoms. The molecule has 1 fully saturated rings. The van der Waals surface area contributed by atoms with Crippen LogP contribution >= 0.6 is 0 Å². The number of fused-ring (bicyclic) bond motifs is 1. The van der Waals surface area contributed by atoms with E-state index in [-0.39, 0.29) is 30.8 Å². The summed E-state index contributed by atoms with van der Waals surface area (Å²) in [4.78, 5) is 14.7. The number of hydrogen-bond acceptors (Lipinski definition) is 3. The number of aliphatic hydroxyl groups is 1. The zero-order valence-electron chi connectivity index (χ0n) is 14.4. The maximum absolute atomic E-state index is 12.9. The smallest absolute Gasteiger partial charge is 0.318 e. The van der Waals surface area contributed by atoms with Gasteiger partial charge in [0, 0.05) is 13.2 Å². The van der Waals surface area contributed by atoms with Gasteiger partial charge in [0.1, 0.15) is 0 Å². The van der Waals surface area contributed by atoms with Crippen LogP contribution in [0.4, 0.5) is 4.79 Å². The van der Waals surface area contributed by atoms with Crippen molar-refractivity contribution in [1.29, 1.82) is 0 Å². The van der Waals surface area contributed by atoms with Crippen molar-refractivity contribution in [1.82, 2.24) is 10.2 Å². The molecular formula is C19H28N2O3. The van der Waals surface area contributed by atoms with Crippen molar-refractivity contribution in [2.75, 3.05) is 19.8 Å². The van der Waals surface area contributed by atoms with Gasteiger partial charge >= 0.3 is 6.03 Å². The van der Waals surface area contributed by atoms with Crippen LogP contribution in [0.3, 0.4) is 0 Å². The van der Waals surface area contributed by atoms with Crippen molar-refractivity contribution >= 4 is 6.03 Å². The number of aliphatic hydroxyl groups excluding tert-OH is 1. The number of nitrogens with zero attached hydrogens (tertiary/aromatic N) is 1. The lowest BCUT2D eigenvalue weighted by Crippen LogP contribution is -2.50. The number of rotatable bonds is 5. The summed E-state index contributed by atoms with van der Waals surface area (Å²) in [6.45, 7) is 3.10. The predicted molar refractivity (Wildman–Crippen MR) is 92.9 cm³/mol. The van der Waals surface area contributed by atoms with Gasteiger partial charge in [-0.15, -0.1) is 0 Å². The minimum Gasteiger partial charge on any atom is -0.395 e. The Hall–Kier alpha value is -1.59. The first kappa shape index (κ1) is 17.2. The van der Waals surface area contributed by atoms with E-state index in [1.165, 1.54) is 11.1 Å². The zero-order chi connectivity index (χ0) is 16.9. The number of hydrogen-bond donors (Lipinski definition) is 2. The first-order chi connectivity index (χ1) is 11.7. The fourth-order valence-corrected chi connectivity index (χ4v) is 3.93. The molecule has 0 aromatic heterocycles. The summed E-state index contributed by atoms with van der Waals surface area (Å²) < 4.78 is 5.67. The number of nitrogens with one attached hydrogen (secondary N) is 1. The normalized spacial score (nSPS) is 24.2. The minimum absolute atomic E-state index is 0.0139. The summed E-state index contributed by atoms with van der Waals surface area (Å²) >= 11 is 0. The number of ether oxygens (including phenoxy) is 1. The lowest BCUT2D eigenvalue weighted by atomic mass is 9.87. The Morgan fingerprint density at radius 1 is 1.38 bits per heavy atom. The first-order valence-electron chi connectivity index (χ1n) is 9.08. The van der Waals surface area contributed by atoms with Gasteiger partial charge in [0.15, 0.2) is 0 Å². The van der Waals surface area contributed by atoms with E-state index >= 15 is 0 Å². The highest BCUT2D eigenvalue weighted by atomic mass is 16.5. The van der Waals surface area contributed by atoms with E-state index < -0.39 is 0 Å². The average molecular weight is 332 g/mol. The molecule has 1 aromatic rings. The standard InChI is InChI=1S/C19H28N2O3/c1-14(18-10-5-13-24-18)20-19(23)21(11-12-22)17-9-4-7-15-6-2-3-8-16(15)17/h2-3,6,8,14,17-18,22H,4-5,7,9-13H2,1H3,(H,20,23)/t14-,17+,18-/m0/s1. The van der Waals surface area contributed by atoms with Crippen molar-refractivity contribution in [3.05, 3.63) is 35.4 Å². The highest BCUT2D eigenvalue weighted by molar-refractivity contribution is 5.75. The molecular weight excluding hydrogens is 304 g/mol. The van der Waals surface area contributed by atoms with Crippen LogP contribution in [0.15, 0.2) is 24.3 Å². The summed E-state index contributed by atoms with van der Waals surface area (Å²) in [7, 11) is 0. The van der Waals surface area contributed by atoms with Gasteiger partial charge in [-0.2, -0.15) is 0 Å². The second kappa shape index (κ2) is 7.99. The van der Waals surface area contributed by atoms with E-state index in [1.807, 2.05) is 13.0 Å². The number of urea groups is 1. The van der Waals surface area contributed by atoms with Gasteiger partial charge in [0.2, 0.25) is 0 Å². The quantitative estimate of drug-likeness (QED) is 0.871. The van der Waals surface area contributed by atoms with Crippen LogP contribution in [-0.2, 0) is 11.2 Å². The van der Waals surface area contributed by atoms with E-state index in [2.05, 4.69) is 23.5 Å². The number of aryl methyl sites for hydroxylation is 1. The fraction of sp³-hybridized carbons (Fsp3) is 0.632. The molecule has 0 spiro atoms. The molecule has 2 aliphatic rings. The molecule has 1 heterocycles. The molecule has 2 amide bonds. The van der Waals surface area contributed by atoms with Crippen molar-refractivity contribution in [3.63, 3.8) is 0 Å². The van der Waals surface area contributed by atoms with Crippen LogP contribution in [0.5, 0.6) is 0 Å². The Morgan fingerprint density at radius 3 is 2.96 bits per heavy atom. The summed E-state index contributed by atoms with van der Waals surface area (Å²) in [5.41, 5.74) is 2.54. The highest BCUT2D eigenvalue weighted by Gasteiger charge is 2.31. The molecule has 5 nitrogen and oxygen atoms in total. The van der Waals surface area contributed by atoms with E-state index in [1.54, 1.807) is 4.90 Å². The van der Waals surface area contributed by atoms with Gasteiger partial charge in [0.25, 0.3) is 0 Å². The van der Waals surface area contributed by atoms with Crippen molar-refractivity contribution in [3.8, 4) is 0 Å². The number of carbonyl (C=O) groups excluding carboxylic acids is 1. The van der Waals surface area contributed by atoms with E-state index in [0.717, 1.165) is 38.7 Å². The predicted octanol–water partition coefficient (Wildman–Crippen LogP) is 2.64. The number of carbonyl (C=O) groups is 1. The van der Waals surface area contributed by atoms with Crippen LogP contribution in [-0.4, -0.2) is 47.9 Å². The van der Waals surface area contributed by atoms with Gasteiger partial charge in [-0.1, -0.05) is 24.3 Å². The third-order valence-corrected chi connectivity index (χ3v) is 5.19. The third kappa shape index (κ3) is 3.73. The monoisotopic (exact) mass is 332 g/mol. The molecule has 24 heavy (non-hydrogen) atoms. The molecule has 3 atom stereocenters. The molecule has 5 heteroatoms.